The molecule has 1 atom stereocenters. The van der Waals surface area contributed by atoms with Crippen molar-refractivity contribution in [3.05, 3.63) is 76.3 Å². The lowest BCUT2D eigenvalue weighted by Gasteiger charge is -2.25. The van der Waals surface area contributed by atoms with Gasteiger partial charge in [0.1, 0.15) is 5.75 Å². The number of rotatable bonds is 6. The molecule has 0 saturated carbocycles. The molecule has 150 valence electrons. The topological polar surface area (TPSA) is 41.6 Å². The van der Waals surface area contributed by atoms with Crippen molar-refractivity contribution in [1.82, 2.24) is 10.2 Å². The van der Waals surface area contributed by atoms with Gasteiger partial charge < -0.3 is 10.1 Å². The molecule has 4 nitrogen and oxygen atoms in total. The molecule has 4 rings (SSSR count). The maximum Gasteiger partial charge on any atom is 0.255 e. The van der Waals surface area contributed by atoms with E-state index >= 15 is 0 Å². The molecule has 1 amide bonds. The van der Waals surface area contributed by atoms with Gasteiger partial charge in [-0.2, -0.15) is 0 Å². The minimum absolute atomic E-state index is 0.0973. The summed E-state index contributed by atoms with van der Waals surface area (Å²) in [6, 6.07) is 20.7. The lowest BCUT2D eigenvalue weighted by atomic mass is 10.0. The lowest BCUT2D eigenvalue weighted by molar-refractivity contribution is 0.0937. The molecule has 1 N–H and O–H groups in total. The first-order valence-electron chi connectivity index (χ1n) is 9.99. The number of carbonyl (C=O) groups is 1. The van der Waals surface area contributed by atoms with E-state index in [1.54, 1.807) is 7.11 Å². The highest BCUT2D eigenvalue weighted by atomic mass is 79.9. The van der Waals surface area contributed by atoms with Crippen LogP contribution in [0.15, 0.2) is 65.1 Å². The molecule has 1 aliphatic heterocycles. The van der Waals surface area contributed by atoms with E-state index in [1.807, 2.05) is 36.4 Å². The van der Waals surface area contributed by atoms with Crippen LogP contribution in [0.3, 0.4) is 0 Å². The summed E-state index contributed by atoms with van der Waals surface area (Å²) in [6.07, 6.45) is 2.27. The molecule has 0 bridgehead atoms. The first-order valence-corrected chi connectivity index (χ1v) is 10.8. The number of halogens is 1. The van der Waals surface area contributed by atoms with Crippen LogP contribution in [0.5, 0.6) is 5.75 Å². The Bertz CT molecular complexity index is 1010. The largest absolute Gasteiger partial charge is 0.495 e. The first kappa shape index (κ1) is 19.9. The molecule has 1 aliphatic rings. The van der Waals surface area contributed by atoms with Crippen molar-refractivity contribution >= 4 is 32.6 Å². The number of nitrogens with one attached hydrogen (secondary N) is 1. The zero-order valence-electron chi connectivity index (χ0n) is 16.5. The van der Waals surface area contributed by atoms with Crippen LogP contribution in [0.4, 0.5) is 0 Å². The Hall–Kier alpha value is -2.37. The molecule has 0 aliphatic carbocycles. The Labute approximate surface area is 180 Å². The Morgan fingerprint density at radius 3 is 2.62 bits per heavy atom. The molecule has 29 heavy (non-hydrogen) atoms. The van der Waals surface area contributed by atoms with E-state index in [9.17, 15) is 4.79 Å². The van der Waals surface area contributed by atoms with E-state index in [0.717, 1.165) is 41.2 Å². The molecule has 1 heterocycles. The minimum Gasteiger partial charge on any atom is -0.495 e. The third-order valence-electron chi connectivity index (χ3n) is 5.62. The first-order chi connectivity index (χ1) is 14.2. The van der Waals surface area contributed by atoms with Gasteiger partial charge in [0.05, 0.1) is 12.7 Å². The maximum atomic E-state index is 13.0. The fourth-order valence-electron chi connectivity index (χ4n) is 4.15. The van der Waals surface area contributed by atoms with Gasteiger partial charge >= 0.3 is 0 Å². The molecule has 1 fully saturated rings. The molecular weight excluding hydrogens is 428 g/mol. The number of ether oxygens (including phenoxy) is 1. The predicted octanol–water partition coefficient (Wildman–Crippen LogP) is 5.01. The van der Waals surface area contributed by atoms with E-state index < -0.39 is 0 Å². The molecule has 3 aromatic rings. The number of nitrogens with zero attached hydrogens (tertiary/aromatic N) is 1. The fourth-order valence-corrected chi connectivity index (χ4v) is 4.73. The van der Waals surface area contributed by atoms with Crippen LogP contribution in [0.2, 0.25) is 0 Å². The summed E-state index contributed by atoms with van der Waals surface area (Å²) in [5, 5.41) is 5.11. The van der Waals surface area contributed by atoms with Crippen LogP contribution in [-0.4, -0.2) is 37.0 Å². The van der Waals surface area contributed by atoms with Gasteiger partial charge in [-0.1, -0.05) is 70.5 Å². The standard InChI is InChI=1S/C24H25BrN2O2/c1-29-23-20-12-6-5-11-19(20)22(25)14-21(23)24(28)26-15-18-10-7-13-27(18)16-17-8-3-2-4-9-17/h2-6,8-9,11-12,14,18H,7,10,13,15-16H2,1H3,(H,26,28)/t18-/m0/s1. The second-order valence-electron chi connectivity index (χ2n) is 7.45. The highest BCUT2D eigenvalue weighted by Gasteiger charge is 2.26. The van der Waals surface area contributed by atoms with Gasteiger partial charge in [-0.15, -0.1) is 0 Å². The number of fused-ring (bicyclic) bond motifs is 1. The molecule has 3 aromatic carbocycles. The van der Waals surface area contributed by atoms with Crippen molar-refractivity contribution in [2.24, 2.45) is 0 Å². The van der Waals surface area contributed by atoms with Crippen molar-refractivity contribution in [2.75, 3.05) is 20.2 Å². The second-order valence-corrected chi connectivity index (χ2v) is 8.30. The number of benzene rings is 3. The van der Waals surface area contributed by atoms with Crippen LogP contribution in [0.25, 0.3) is 10.8 Å². The van der Waals surface area contributed by atoms with Crippen LogP contribution in [0, 0.1) is 0 Å². The molecule has 1 saturated heterocycles. The van der Waals surface area contributed by atoms with E-state index in [-0.39, 0.29) is 5.91 Å². The third kappa shape index (κ3) is 4.31. The lowest BCUT2D eigenvalue weighted by Crippen LogP contribution is -2.39. The molecule has 0 radical (unpaired) electrons. The molecular formula is C24H25BrN2O2. The van der Waals surface area contributed by atoms with Crippen LogP contribution in [0.1, 0.15) is 28.8 Å². The summed E-state index contributed by atoms with van der Waals surface area (Å²) in [5.74, 6) is 0.522. The van der Waals surface area contributed by atoms with Gasteiger partial charge in [0.15, 0.2) is 0 Å². The van der Waals surface area contributed by atoms with Gasteiger partial charge in [-0.3, -0.25) is 9.69 Å². The number of hydrogen-bond donors (Lipinski definition) is 1. The molecule has 0 unspecified atom stereocenters. The van der Waals surface area contributed by atoms with Gasteiger partial charge in [-0.25, -0.2) is 0 Å². The number of likely N-dealkylation sites (tertiary alicyclic amines) is 1. The summed E-state index contributed by atoms with van der Waals surface area (Å²) in [4.78, 5) is 15.5. The third-order valence-corrected chi connectivity index (χ3v) is 6.28. The van der Waals surface area contributed by atoms with Gasteiger partial charge in [-0.05, 0) is 36.4 Å². The Morgan fingerprint density at radius 2 is 1.86 bits per heavy atom. The number of methoxy groups -OCH3 is 1. The van der Waals surface area contributed by atoms with Crippen LogP contribution < -0.4 is 10.1 Å². The zero-order valence-corrected chi connectivity index (χ0v) is 18.1. The number of amides is 1. The maximum absolute atomic E-state index is 13.0. The summed E-state index contributed by atoms with van der Waals surface area (Å²) < 4.78 is 6.51. The minimum atomic E-state index is -0.0973. The van der Waals surface area contributed by atoms with Crippen molar-refractivity contribution in [3.63, 3.8) is 0 Å². The highest BCUT2D eigenvalue weighted by Crippen LogP contribution is 2.35. The molecule has 0 spiro atoms. The van der Waals surface area contributed by atoms with Crippen molar-refractivity contribution in [2.45, 2.75) is 25.4 Å². The van der Waals surface area contributed by atoms with Crippen LogP contribution in [-0.2, 0) is 6.54 Å². The SMILES string of the molecule is COc1c(C(=O)NC[C@@H]2CCCN2Cc2ccccc2)cc(Br)c2ccccc12. The van der Waals surface area contributed by atoms with E-state index in [2.05, 4.69) is 50.4 Å². The smallest absolute Gasteiger partial charge is 0.255 e. The highest BCUT2D eigenvalue weighted by molar-refractivity contribution is 9.10. The van der Waals surface area contributed by atoms with Gasteiger partial charge in [0.25, 0.3) is 5.91 Å². The Kier molecular flexibility index (Phi) is 6.16. The van der Waals surface area contributed by atoms with Crippen molar-refractivity contribution < 1.29 is 9.53 Å². The predicted molar refractivity (Wildman–Crippen MR) is 120 cm³/mol. The van der Waals surface area contributed by atoms with Gasteiger partial charge in [0.2, 0.25) is 0 Å². The summed E-state index contributed by atoms with van der Waals surface area (Å²) in [7, 11) is 1.62. The Morgan fingerprint density at radius 1 is 1.14 bits per heavy atom. The van der Waals surface area contributed by atoms with Crippen molar-refractivity contribution in [1.29, 1.82) is 0 Å². The summed E-state index contributed by atoms with van der Waals surface area (Å²) in [6.45, 7) is 2.63. The second kappa shape index (κ2) is 8.97. The normalized spacial score (nSPS) is 16.8. The monoisotopic (exact) mass is 452 g/mol. The average Bonchev–Trinajstić information content (AvgIpc) is 3.19. The van der Waals surface area contributed by atoms with E-state index in [1.165, 1.54) is 5.56 Å². The molecule has 5 heteroatoms. The van der Waals surface area contributed by atoms with Gasteiger partial charge in [0, 0.05) is 29.0 Å². The summed E-state index contributed by atoms with van der Waals surface area (Å²) >= 11 is 3.60. The summed E-state index contributed by atoms with van der Waals surface area (Å²) in [5.41, 5.74) is 1.87. The van der Waals surface area contributed by atoms with Crippen molar-refractivity contribution in [3.8, 4) is 5.75 Å². The fraction of sp³-hybridized carbons (Fsp3) is 0.292. The van der Waals surface area contributed by atoms with E-state index in [4.69, 9.17) is 4.74 Å². The quantitative estimate of drug-likeness (QED) is 0.571. The zero-order chi connectivity index (χ0) is 20.2. The molecule has 0 aromatic heterocycles. The van der Waals surface area contributed by atoms with E-state index in [0.29, 0.717) is 23.9 Å². The Balaban J connectivity index is 1.48. The number of carbonyl (C=O) groups excluding carboxylic acids is 1. The number of hydrogen-bond acceptors (Lipinski definition) is 3. The average molecular weight is 453 g/mol. The van der Waals surface area contributed by atoms with Crippen LogP contribution >= 0.6 is 15.9 Å².